The van der Waals surface area contributed by atoms with Gasteiger partial charge in [0.2, 0.25) is 0 Å². The molecule has 3 N–H and O–H groups in total. The van der Waals surface area contributed by atoms with Crippen LogP contribution in [0.5, 0.6) is 0 Å². The van der Waals surface area contributed by atoms with Crippen molar-refractivity contribution in [1.82, 2.24) is 0 Å². The average molecular weight is 1100 g/mol. The SMILES string of the molecule is CC/C=C\C/C=C\C/C=C\C/C=C\C/C=C\CC(=O)OC(COC(=O)CCCCCCCC/C=C\C/C=C\C/C=C\CCCCC)COC1OC(C(=O)O)C(O)C(O)C1OC(=O)CCCCCCC/C=C\C/C=C\CCCCC. The molecule has 79 heavy (non-hydrogen) atoms. The number of carbonyl (C=O) groups excluding carboxylic acids is 3. The Kier molecular flexibility index (Phi) is 49.1. The van der Waals surface area contributed by atoms with E-state index in [9.17, 15) is 34.5 Å². The van der Waals surface area contributed by atoms with E-state index in [1.165, 1.54) is 44.9 Å². The zero-order valence-electron chi connectivity index (χ0n) is 49.1. The van der Waals surface area contributed by atoms with Crippen molar-refractivity contribution in [2.24, 2.45) is 0 Å². The van der Waals surface area contributed by atoms with Gasteiger partial charge in [0.15, 0.2) is 24.6 Å². The van der Waals surface area contributed by atoms with E-state index < -0.39 is 67.3 Å². The van der Waals surface area contributed by atoms with Crippen molar-refractivity contribution in [2.45, 2.75) is 263 Å². The minimum atomic E-state index is -1.93. The van der Waals surface area contributed by atoms with E-state index in [0.29, 0.717) is 19.3 Å². The van der Waals surface area contributed by atoms with Crippen LogP contribution in [0.25, 0.3) is 0 Å². The number of unbranched alkanes of at least 4 members (excludes halogenated alkanes) is 17. The Morgan fingerprint density at radius 2 is 0.835 bits per heavy atom. The second-order valence-electron chi connectivity index (χ2n) is 20.3. The fourth-order valence-electron chi connectivity index (χ4n) is 8.36. The number of allylic oxidation sites excluding steroid dienone is 19. The molecule has 1 aliphatic heterocycles. The Hall–Kier alpha value is -4.88. The van der Waals surface area contributed by atoms with Gasteiger partial charge in [0.05, 0.1) is 13.0 Å². The molecule has 1 heterocycles. The van der Waals surface area contributed by atoms with Gasteiger partial charge >= 0.3 is 23.9 Å². The summed E-state index contributed by atoms with van der Waals surface area (Å²) in [5.74, 6) is -3.34. The van der Waals surface area contributed by atoms with Crippen LogP contribution in [-0.2, 0) is 42.9 Å². The molecule has 6 atom stereocenters. The number of carboxylic acids is 1. The number of hydrogen-bond acceptors (Lipinski definition) is 11. The first-order valence-electron chi connectivity index (χ1n) is 30.5. The summed E-state index contributed by atoms with van der Waals surface area (Å²) in [6.07, 6.45) is 61.9. The Morgan fingerprint density at radius 3 is 1.28 bits per heavy atom. The maximum absolute atomic E-state index is 13.1. The molecule has 0 amide bonds. The topological polar surface area (TPSA) is 175 Å². The van der Waals surface area contributed by atoms with E-state index in [1.807, 2.05) is 18.2 Å². The molecule has 6 unspecified atom stereocenters. The number of aliphatic hydroxyl groups is 2. The summed E-state index contributed by atoms with van der Waals surface area (Å²) >= 11 is 0. The molecule has 1 aliphatic rings. The van der Waals surface area contributed by atoms with Crippen molar-refractivity contribution in [1.29, 1.82) is 0 Å². The lowest BCUT2D eigenvalue weighted by Crippen LogP contribution is -2.61. The first-order valence-corrected chi connectivity index (χ1v) is 30.5. The summed E-state index contributed by atoms with van der Waals surface area (Å²) in [7, 11) is 0. The highest BCUT2D eigenvalue weighted by atomic mass is 16.7. The lowest BCUT2D eigenvalue weighted by atomic mass is 9.98. The molecule has 12 heteroatoms. The van der Waals surface area contributed by atoms with Crippen LogP contribution in [-0.4, -0.2) is 89.2 Å². The molecule has 0 spiro atoms. The van der Waals surface area contributed by atoms with Crippen LogP contribution in [0.3, 0.4) is 0 Å². The molecule has 0 radical (unpaired) electrons. The molecule has 1 fully saturated rings. The average Bonchev–Trinajstić information content (AvgIpc) is 3.46. The zero-order chi connectivity index (χ0) is 57.5. The van der Waals surface area contributed by atoms with Gasteiger partial charge in [0.25, 0.3) is 0 Å². The number of carboxylic acid groups (broad SMARTS) is 1. The van der Waals surface area contributed by atoms with E-state index in [4.69, 9.17) is 23.7 Å². The van der Waals surface area contributed by atoms with E-state index in [0.717, 1.165) is 122 Å². The summed E-state index contributed by atoms with van der Waals surface area (Å²) in [4.78, 5) is 51.1. The van der Waals surface area contributed by atoms with E-state index in [1.54, 1.807) is 6.08 Å². The molecule has 0 bridgehead atoms. The highest BCUT2D eigenvalue weighted by Gasteiger charge is 2.50. The third kappa shape index (κ3) is 43.6. The van der Waals surface area contributed by atoms with Gasteiger partial charge in [-0.3, -0.25) is 14.4 Å². The summed E-state index contributed by atoms with van der Waals surface area (Å²) in [6, 6.07) is 0. The minimum absolute atomic E-state index is 0.0265. The van der Waals surface area contributed by atoms with Crippen LogP contribution in [0.4, 0.5) is 0 Å². The first-order chi connectivity index (χ1) is 38.6. The standard InChI is InChI=1S/C67H106O12/c1-4-7-10-13-16-19-22-25-28-29-30-31-34-35-38-41-44-47-50-53-59(68)75-56-58(77-60(69)54-51-48-45-42-39-36-32-26-23-20-17-14-11-8-5-2)57-76-67-65(63(72)62(71)64(79-67)66(73)74)78-61(70)55-52-49-46-43-40-37-33-27-24-21-18-15-12-9-6-3/h8,11,16-21,25-28,30-33,39,42,48,51,58,62-65,67,71-72H,4-7,9-10,12-15,22-24,29,34-38,40-41,43-47,49-50,52-57H2,1-3H3,(H,73,74)/b11-8-,19-16-,20-17-,21-18-,28-25-,31-30-,32-26-,33-27-,42-39-,51-48-. The normalized spacial score (nSPS) is 18.7. The second-order valence-corrected chi connectivity index (χ2v) is 20.3. The lowest BCUT2D eigenvalue weighted by Gasteiger charge is -2.40. The molecule has 12 nitrogen and oxygen atoms in total. The molecule has 0 aromatic rings. The van der Waals surface area contributed by atoms with Gasteiger partial charge in [-0.1, -0.05) is 213 Å². The summed E-state index contributed by atoms with van der Waals surface area (Å²) < 4.78 is 28.3. The van der Waals surface area contributed by atoms with Gasteiger partial charge in [-0.15, -0.1) is 0 Å². The van der Waals surface area contributed by atoms with Crippen LogP contribution in [0.1, 0.15) is 226 Å². The van der Waals surface area contributed by atoms with Crippen LogP contribution < -0.4 is 0 Å². The molecular formula is C67H106O12. The molecule has 1 rings (SSSR count). The van der Waals surface area contributed by atoms with Crippen LogP contribution in [0, 0.1) is 0 Å². The summed E-state index contributed by atoms with van der Waals surface area (Å²) in [5, 5.41) is 31.5. The Labute approximate surface area is 478 Å². The third-order valence-electron chi connectivity index (χ3n) is 13.0. The monoisotopic (exact) mass is 1100 g/mol. The number of hydrogen-bond donors (Lipinski definition) is 3. The zero-order valence-corrected chi connectivity index (χ0v) is 49.1. The minimum Gasteiger partial charge on any atom is -0.479 e. The fourth-order valence-corrected chi connectivity index (χ4v) is 8.36. The molecular weight excluding hydrogens is 997 g/mol. The fraction of sp³-hybridized carbons (Fsp3) is 0.642. The third-order valence-corrected chi connectivity index (χ3v) is 13.0. The van der Waals surface area contributed by atoms with Crippen molar-refractivity contribution in [3.05, 3.63) is 122 Å². The van der Waals surface area contributed by atoms with Gasteiger partial charge in [-0.25, -0.2) is 4.79 Å². The van der Waals surface area contributed by atoms with Crippen molar-refractivity contribution in [3.8, 4) is 0 Å². The molecule has 1 saturated heterocycles. The highest BCUT2D eigenvalue weighted by Crippen LogP contribution is 2.26. The van der Waals surface area contributed by atoms with Crippen LogP contribution in [0.15, 0.2) is 122 Å². The predicted molar refractivity (Wildman–Crippen MR) is 321 cm³/mol. The summed E-state index contributed by atoms with van der Waals surface area (Å²) in [5.41, 5.74) is 0. The lowest BCUT2D eigenvalue weighted by molar-refractivity contribution is -0.301. The number of rotatable bonds is 50. The molecule has 446 valence electrons. The summed E-state index contributed by atoms with van der Waals surface area (Å²) in [6.45, 7) is 5.72. The van der Waals surface area contributed by atoms with Crippen molar-refractivity contribution < 1.29 is 58.2 Å². The first kappa shape index (κ1) is 72.1. The Bertz CT molecular complexity index is 1840. The maximum Gasteiger partial charge on any atom is 0.335 e. The van der Waals surface area contributed by atoms with E-state index in [-0.39, 0.29) is 25.9 Å². The van der Waals surface area contributed by atoms with Gasteiger partial charge < -0.3 is 39.0 Å². The quantitative estimate of drug-likeness (QED) is 0.0228. The Balaban J connectivity index is 2.75. The largest absolute Gasteiger partial charge is 0.479 e. The van der Waals surface area contributed by atoms with Gasteiger partial charge in [0.1, 0.15) is 18.8 Å². The molecule has 0 aromatic carbocycles. The van der Waals surface area contributed by atoms with Crippen molar-refractivity contribution in [3.63, 3.8) is 0 Å². The number of esters is 3. The molecule has 0 aromatic heterocycles. The molecule has 0 aliphatic carbocycles. The van der Waals surface area contributed by atoms with Crippen LogP contribution in [0.2, 0.25) is 0 Å². The second kappa shape index (κ2) is 53.7. The van der Waals surface area contributed by atoms with Gasteiger partial charge in [-0.05, 0) is 116 Å². The van der Waals surface area contributed by atoms with E-state index in [2.05, 4.69) is 118 Å². The Morgan fingerprint density at radius 1 is 0.443 bits per heavy atom. The number of carbonyl (C=O) groups is 4. The number of aliphatic carboxylic acids is 1. The van der Waals surface area contributed by atoms with E-state index >= 15 is 0 Å². The number of ether oxygens (including phenoxy) is 5. The smallest absolute Gasteiger partial charge is 0.335 e. The number of aliphatic hydroxyl groups excluding tert-OH is 2. The van der Waals surface area contributed by atoms with Gasteiger partial charge in [0, 0.05) is 12.8 Å². The highest BCUT2D eigenvalue weighted by molar-refractivity contribution is 5.74. The van der Waals surface area contributed by atoms with Crippen LogP contribution >= 0.6 is 0 Å². The molecule has 0 saturated carbocycles. The maximum atomic E-state index is 13.1. The predicted octanol–water partition coefficient (Wildman–Crippen LogP) is 16.0. The van der Waals surface area contributed by atoms with Crippen molar-refractivity contribution >= 4 is 23.9 Å². The van der Waals surface area contributed by atoms with Gasteiger partial charge in [-0.2, -0.15) is 0 Å². The van der Waals surface area contributed by atoms with Crippen molar-refractivity contribution in [2.75, 3.05) is 13.2 Å².